The lowest BCUT2D eigenvalue weighted by molar-refractivity contribution is 0.119. The highest BCUT2D eigenvalue weighted by atomic mass is 16.5. The van der Waals surface area contributed by atoms with Crippen molar-refractivity contribution in [3.05, 3.63) is 25.2 Å². The Morgan fingerprint density at radius 2 is 2.00 bits per heavy atom. The van der Waals surface area contributed by atoms with Gasteiger partial charge in [-0.15, -0.1) is 0 Å². The minimum absolute atomic E-state index is 0.0913. The average Bonchev–Trinajstić information content (AvgIpc) is 2.32. The maximum absolute atomic E-state index is 9.09. The molecule has 0 bridgehead atoms. The van der Waals surface area contributed by atoms with Crippen LogP contribution in [0.1, 0.15) is 12.8 Å². The van der Waals surface area contributed by atoms with E-state index in [1.165, 1.54) is 18.7 Å². The summed E-state index contributed by atoms with van der Waals surface area (Å²) >= 11 is 0. The van der Waals surface area contributed by atoms with Crippen molar-refractivity contribution >= 4 is 5.95 Å². The molecule has 0 amide bonds. The van der Waals surface area contributed by atoms with Crippen LogP contribution in [-0.4, -0.2) is 34.3 Å². The van der Waals surface area contributed by atoms with Crippen LogP contribution in [0, 0.1) is 0 Å². The van der Waals surface area contributed by atoms with Crippen molar-refractivity contribution in [2.75, 3.05) is 18.0 Å². The molecule has 1 saturated heterocycles. The largest absolute Gasteiger partial charge is 0.505 e. The zero-order valence-corrected chi connectivity index (χ0v) is 9.04. The highest BCUT2D eigenvalue weighted by molar-refractivity contribution is 5.31. The average molecular weight is 221 g/mol. The number of aromatic nitrogens is 2. The highest BCUT2D eigenvalue weighted by Crippen LogP contribution is 2.18. The number of hydrogen-bond donors (Lipinski definition) is 1. The van der Waals surface area contributed by atoms with Gasteiger partial charge < -0.3 is 14.7 Å². The van der Waals surface area contributed by atoms with Crippen LogP contribution in [0.15, 0.2) is 25.2 Å². The van der Waals surface area contributed by atoms with Gasteiger partial charge in [0, 0.05) is 25.9 Å². The van der Waals surface area contributed by atoms with E-state index in [2.05, 4.69) is 21.4 Å². The van der Waals surface area contributed by atoms with Crippen LogP contribution in [0.2, 0.25) is 0 Å². The fourth-order valence-corrected chi connectivity index (χ4v) is 1.81. The first-order valence-electron chi connectivity index (χ1n) is 5.32. The molecule has 1 aromatic heterocycles. The predicted octanol–water partition coefficient (Wildman–Crippen LogP) is 1.31. The Labute approximate surface area is 94.4 Å². The second kappa shape index (κ2) is 4.83. The van der Waals surface area contributed by atoms with Gasteiger partial charge in [-0.25, -0.2) is 9.97 Å². The maximum atomic E-state index is 9.09. The molecule has 1 aliphatic heterocycles. The third-order valence-electron chi connectivity index (χ3n) is 2.64. The summed E-state index contributed by atoms with van der Waals surface area (Å²) < 4.78 is 5.34. The van der Waals surface area contributed by atoms with Crippen LogP contribution in [0.3, 0.4) is 0 Å². The molecule has 16 heavy (non-hydrogen) atoms. The molecular weight excluding hydrogens is 206 g/mol. The molecule has 1 N–H and O–H groups in total. The molecule has 2 rings (SSSR count). The number of hydrogen-bond acceptors (Lipinski definition) is 5. The van der Waals surface area contributed by atoms with Crippen LogP contribution in [0.5, 0.6) is 5.75 Å². The van der Waals surface area contributed by atoms with Gasteiger partial charge >= 0.3 is 0 Å². The first-order valence-corrected chi connectivity index (χ1v) is 5.32. The van der Waals surface area contributed by atoms with Crippen LogP contribution in [-0.2, 0) is 4.74 Å². The fraction of sp³-hybridized carbons (Fsp3) is 0.455. The van der Waals surface area contributed by atoms with Crippen molar-refractivity contribution < 1.29 is 9.84 Å². The quantitative estimate of drug-likeness (QED) is 0.780. The van der Waals surface area contributed by atoms with Crippen LogP contribution >= 0.6 is 0 Å². The Morgan fingerprint density at radius 1 is 1.38 bits per heavy atom. The van der Waals surface area contributed by atoms with Crippen molar-refractivity contribution in [3.8, 4) is 5.75 Å². The Balaban J connectivity index is 1.93. The molecule has 5 heteroatoms. The fourth-order valence-electron chi connectivity index (χ4n) is 1.81. The minimum atomic E-state index is 0.0913. The predicted molar refractivity (Wildman–Crippen MR) is 60.2 cm³/mol. The first kappa shape index (κ1) is 10.7. The van der Waals surface area contributed by atoms with Gasteiger partial charge in [0.05, 0.1) is 18.7 Å². The minimum Gasteiger partial charge on any atom is -0.505 e. The lowest BCUT2D eigenvalue weighted by Gasteiger charge is -2.31. The number of nitrogens with zero attached hydrogens (tertiary/aromatic N) is 3. The van der Waals surface area contributed by atoms with E-state index in [4.69, 9.17) is 9.84 Å². The molecule has 0 spiro atoms. The third kappa shape index (κ3) is 2.42. The summed E-state index contributed by atoms with van der Waals surface area (Å²) in [5, 5.41) is 9.09. The van der Waals surface area contributed by atoms with E-state index >= 15 is 0 Å². The number of anilines is 1. The molecule has 5 nitrogen and oxygen atoms in total. The zero-order valence-electron chi connectivity index (χ0n) is 9.04. The second-order valence-electron chi connectivity index (χ2n) is 3.73. The second-order valence-corrected chi connectivity index (χ2v) is 3.73. The number of rotatable bonds is 3. The third-order valence-corrected chi connectivity index (χ3v) is 2.64. The summed E-state index contributed by atoms with van der Waals surface area (Å²) in [5.41, 5.74) is 0. The molecule has 0 saturated carbocycles. The van der Waals surface area contributed by atoms with Gasteiger partial charge in [0.1, 0.15) is 6.10 Å². The molecule has 2 heterocycles. The van der Waals surface area contributed by atoms with Crippen LogP contribution in [0.25, 0.3) is 0 Å². The van der Waals surface area contributed by atoms with E-state index in [9.17, 15) is 0 Å². The van der Waals surface area contributed by atoms with Gasteiger partial charge in [0.15, 0.2) is 5.75 Å². The highest BCUT2D eigenvalue weighted by Gasteiger charge is 2.20. The molecule has 0 aromatic carbocycles. The Kier molecular flexibility index (Phi) is 3.24. The smallest absolute Gasteiger partial charge is 0.225 e. The van der Waals surface area contributed by atoms with E-state index in [0.717, 1.165) is 25.9 Å². The SMILES string of the molecule is C=COC1CCN(c2ncc(O)cn2)CC1. The summed E-state index contributed by atoms with van der Waals surface area (Å²) in [6.45, 7) is 5.28. The van der Waals surface area contributed by atoms with Gasteiger partial charge in [-0.2, -0.15) is 0 Å². The van der Waals surface area contributed by atoms with Crippen molar-refractivity contribution in [2.45, 2.75) is 18.9 Å². The molecule has 86 valence electrons. The van der Waals surface area contributed by atoms with Crippen molar-refractivity contribution in [1.82, 2.24) is 9.97 Å². The molecule has 0 aliphatic carbocycles. The summed E-state index contributed by atoms with van der Waals surface area (Å²) in [5.74, 6) is 0.753. The number of aromatic hydroxyl groups is 1. The van der Waals surface area contributed by atoms with Gasteiger partial charge in [-0.3, -0.25) is 0 Å². The van der Waals surface area contributed by atoms with E-state index in [1.54, 1.807) is 0 Å². The van der Waals surface area contributed by atoms with Gasteiger partial charge in [0.2, 0.25) is 5.95 Å². The zero-order chi connectivity index (χ0) is 11.4. The topological polar surface area (TPSA) is 58.5 Å². The molecule has 1 aromatic rings. The lowest BCUT2D eigenvalue weighted by Crippen LogP contribution is -2.37. The van der Waals surface area contributed by atoms with Gasteiger partial charge in [0.25, 0.3) is 0 Å². The van der Waals surface area contributed by atoms with Crippen LogP contribution < -0.4 is 4.90 Å². The lowest BCUT2D eigenvalue weighted by atomic mass is 10.1. The Hall–Kier alpha value is -1.78. The van der Waals surface area contributed by atoms with Crippen molar-refractivity contribution in [1.29, 1.82) is 0 Å². The van der Waals surface area contributed by atoms with E-state index in [1.807, 2.05) is 0 Å². The Morgan fingerprint density at radius 3 is 2.56 bits per heavy atom. The molecule has 0 unspecified atom stereocenters. The van der Waals surface area contributed by atoms with Crippen LogP contribution in [0.4, 0.5) is 5.95 Å². The number of piperidine rings is 1. The first-order chi connectivity index (χ1) is 7.79. The van der Waals surface area contributed by atoms with Gasteiger partial charge in [-0.05, 0) is 0 Å². The summed E-state index contributed by atoms with van der Waals surface area (Å²) in [4.78, 5) is 10.2. The van der Waals surface area contributed by atoms with Gasteiger partial charge in [-0.1, -0.05) is 6.58 Å². The Bertz CT molecular complexity index is 345. The van der Waals surface area contributed by atoms with Crippen molar-refractivity contribution in [2.24, 2.45) is 0 Å². The van der Waals surface area contributed by atoms with E-state index < -0.39 is 0 Å². The van der Waals surface area contributed by atoms with E-state index in [0.29, 0.717) is 5.95 Å². The molecule has 1 aliphatic rings. The van der Waals surface area contributed by atoms with Crippen molar-refractivity contribution in [3.63, 3.8) is 0 Å². The number of ether oxygens (including phenoxy) is 1. The molecule has 0 atom stereocenters. The molecule has 0 radical (unpaired) electrons. The molecule has 1 fully saturated rings. The van der Waals surface area contributed by atoms with E-state index in [-0.39, 0.29) is 11.9 Å². The standard InChI is InChI=1S/C11H15N3O2/c1-2-16-10-3-5-14(6-4-10)11-12-7-9(15)8-13-11/h2,7-8,10,15H,1,3-6H2. The summed E-state index contributed by atoms with van der Waals surface area (Å²) in [7, 11) is 0. The molecular formula is C11H15N3O2. The normalized spacial score (nSPS) is 17.1. The summed E-state index contributed by atoms with van der Waals surface area (Å²) in [6.07, 6.45) is 6.46. The maximum Gasteiger partial charge on any atom is 0.225 e. The monoisotopic (exact) mass is 221 g/mol. The summed E-state index contributed by atoms with van der Waals surface area (Å²) in [6, 6.07) is 0.